The Labute approximate surface area is 295 Å². The zero-order chi connectivity index (χ0) is 34.7. The zero-order valence-corrected chi connectivity index (χ0v) is 30.0. The molecule has 0 fully saturated rings. The largest absolute Gasteiger partial charge is 0.309 e. The van der Waals surface area contributed by atoms with E-state index in [1.54, 1.807) is 0 Å². The molecule has 0 N–H and O–H groups in total. The molecule has 3 heteroatoms. The van der Waals surface area contributed by atoms with Crippen LogP contribution in [0.25, 0.3) is 66.8 Å². The molecule has 0 saturated carbocycles. The fourth-order valence-corrected chi connectivity index (χ4v) is 7.69. The molecule has 0 atom stereocenters. The van der Waals surface area contributed by atoms with Crippen LogP contribution in [0.4, 0.5) is 0 Å². The maximum Gasteiger partial charge on any atom is 0.144 e. The van der Waals surface area contributed by atoms with Crippen molar-refractivity contribution in [1.29, 1.82) is 0 Å². The smallest absolute Gasteiger partial charge is 0.144 e. The number of hydrogen-bond donors (Lipinski definition) is 0. The van der Waals surface area contributed by atoms with Crippen molar-refractivity contribution in [3.8, 4) is 45.0 Å². The lowest BCUT2D eigenvalue weighted by Crippen LogP contribution is -2.05. The number of nitrogens with zero attached hydrogens (tertiary/aromatic N) is 3. The Bertz CT molecular complexity index is 2460. The number of imidazole rings is 1. The summed E-state index contributed by atoms with van der Waals surface area (Å²) in [6.45, 7) is 15.6. The summed E-state index contributed by atoms with van der Waals surface area (Å²) in [5.74, 6) is 1.31. The summed E-state index contributed by atoms with van der Waals surface area (Å²) >= 11 is 0. The highest BCUT2D eigenvalue weighted by Gasteiger charge is 2.22. The number of rotatable bonds is 6. The molecule has 3 nitrogen and oxygen atoms in total. The second-order valence-corrected chi connectivity index (χ2v) is 14.2. The van der Waals surface area contributed by atoms with Crippen LogP contribution < -0.4 is 0 Å². The van der Waals surface area contributed by atoms with Crippen LogP contribution in [-0.4, -0.2) is 14.1 Å². The SMILES string of the molecule is Cc1ccc2c(c1)c1cc(C)c(C)cc1n2-c1c(C)cc(-c2nccn2-c2c(-c3ccccc3)cc(C(C)C)cc2-c2ccccc2)cc1C. The molecule has 2 heterocycles. The van der Waals surface area contributed by atoms with Crippen molar-refractivity contribution in [2.45, 2.75) is 54.4 Å². The fourth-order valence-electron chi connectivity index (χ4n) is 7.69. The lowest BCUT2D eigenvalue weighted by Gasteiger charge is -2.22. The Balaban J connectivity index is 1.36. The van der Waals surface area contributed by atoms with Crippen molar-refractivity contribution < 1.29 is 0 Å². The normalized spacial score (nSPS) is 11.7. The van der Waals surface area contributed by atoms with Gasteiger partial charge in [0.15, 0.2) is 0 Å². The zero-order valence-electron chi connectivity index (χ0n) is 30.0. The van der Waals surface area contributed by atoms with Crippen LogP contribution in [0.15, 0.2) is 128 Å². The van der Waals surface area contributed by atoms with Crippen molar-refractivity contribution in [1.82, 2.24) is 14.1 Å². The van der Waals surface area contributed by atoms with Crippen LogP contribution in [0.5, 0.6) is 0 Å². The molecule has 50 heavy (non-hydrogen) atoms. The van der Waals surface area contributed by atoms with E-state index in [-0.39, 0.29) is 0 Å². The van der Waals surface area contributed by atoms with Gasteiger partial charge in [-0.15, -0.1) is 0 Å². The second kappa shape index (κ2) is 12.3. The average Bonchev–Trinajstić information content (AvgIpc) is 3.71. The van der Waals surface area contributed by atoms with Gasteiger partial charge in [-0.1, -0.05) is 86.1 Å². The van der Waals surface area contributed by atoms with E-state index in [0.717, 1.165) is 17.1 Å². The van der Waals surface area contributed by atoms with Gasteiger partial charge >= 0.3 is 0 Å². The summed E-state index contributed by atoms with van der Waals surface area (Å²) < 4.78 is 4.78. The molecule has 2 aromatic heterocycles. The molecular formula is C47H43N3. The van der Waals surface area contributed by atoms with Crippen LogP contribution in [0.1, 0.15) is 53.1 Å². The van der Waals surface area contributed by atoms with Crippen LogP contribution in [-0.2, 0) is 0 Å². The lowest BCUT2D eigenvalue weighted by atomic mass is 9.89. The third-order valence-corrected chi connectivity index (χ3v) is 10.4. The average molecular weight is 650 g/mol. The third-order valence-electron chi connectivity index (χ3n) is 10.4. The molecule has 0 unspecified atom stereocenters. The van der Waals surface area contributed by atoms with E-state index in [2.05, 4.69) is 179 Å². The number of aryl methyl sites for hydroxylation is 5. The van der Waals surface area contributed by atoms with Gasteiger partial charge in [0.05, 0.1) is 22.4 Å². The van der Waals surface area contributed by atoms with E-state index in [4.69, 9.17) is 4.98 Å². The first-order valence-corrected chi connectivity index (χ1v) is 17.7. The summed E-state index contributed by atoms with van der Waals surface area (Å²) in [7, 11) is 0. The van der Waals surface area contributed by atoms with Crippen molar-refractivity contribution >= 4 is 21.8 Å². The lowest BCUT2D eigenvalue weighted by molar-refractivity contribution is 0.866. The van der Waals surface area contributed by atoms with E-state index in [1.165, 1.54) is 83.1 Å². The predicted octanol–water partition coefficient (Wildman–Crippen LogP) is 12.6. The summed E-state index contributed by atoms with van der Waals surface area (Å²) in [4.78, 5) is 5.05. The minimum absolute atomic E-state index is 0.381. The third kappa shape index (κ3) is 5.25. The molecular weight excluding hydrogens is 607 g/mol. The van der Waals surface area contributed by atoms with E-state index in [0.29, 0.717) is 5.92 Å². The number of fused-ring (bicyclic) bond motifs is 3. The Hall–Kier alpha value is -5.67. The second-order valence-electron chi connectivity index (χ2n) is 14.2. The van der Waals surface area contributed by atoms with Crippen molar-refractivity contribution in [2.24, 2.45) is 0 Å². The standard InChI is InChI=1S/C47H43N3/c1-29(2)37-27-39(35-14-10-8-11-15-35)46(40(28-37)36-16-12-9-13-17-36)49-21-20-48-47(49)38-23-33(6)45(34(7)24-38)50-43-19-18-30(3)22-41(43)42-25-31(4)32(5)26-44(42)50/h8-29H,1-7H3. The highest BCUT2D eigenvalue weighted by atomic mass is 15.1. The summed E-state index contributed by atoms with van der Waals surface area (Å²) in [6, 6.07) is 42.5. The molecule has 0 spiro atoms. The van der Waals surface area contributed by atoms with Crippen LogP contribution in [0.3, 0.4) is 0 Å². The van der Waals surface area contributed by atoms with Gasteiger partial charge in [-0.05, 0) is 128 Å². The van der Waals surface area contributed by atoms with E-state index < -0.39 is 0 Å². The molecule has 8 rings (SSSR count). The van der Waals surface area contributed by atoms with Gasteiger partial charge in [-0.25, -0.2) is 4.98 Å². The first-order chi connectivity index (χ1) is 24.2. The van der Waals surface area contributed by atoms with Crippen LogP contribution in [0.2, 0.25) is 0 Å². The Morgan fingerprint density at radius 1 is 0.520 bits per heavy atom. The maximum absolute atomic E-state index is 5.05. The van der Waals surface area contributed by atoms with Gasteiger partial charge in [0.1, 0.15) is 5.82 Å². The molecule has 0 saturated heterocycles. The van der Waals surface area contributed by atoms with E-state index in [9.17, 15) is 0 Å². The number of benzene rings is 6. The molecule has 0 bridgehead atoms. The van der Waals surface area contributed by atoms with E-state index >= 15 is 0 Å². The van der Waals surface area contributed by atoms with Crippen molar-refractivity contribution in [3.05, 3.63) is 161 Å². The quantitative estimate of drug-likeness (QED) is 0.176. The van der Waals surface area contributed by atoms with Crippen molar-refractivity contribution in [2.75, 3.05) is 0 Å². The highest BCUT2D eigenvalue weighted by Crippen LogP contribution is 2.42. The molecule has 6 aromatic carbocycles. The molecule has 0 aliphatic rings. The van der Waals surface area contributed by atoms with Gasteiger partial charge in [0, 0.05) is 39.9 Å². The first kappa shape index (κ1) is 31.6. The van der Waals surface area contributed by atoms with Gasteiger partial charge in [-0.3, -0.25) is 4.57 Å². The molecule has 0 amide bonds. The molecule has 8 aromatic rings. The monoisotopic (exact) mass is 649 g/mol. The number of hydrogen-bond acceptors (Lipinski definition) is 1. The Morgan fingerprint density at radius 3 is 1.70 bits per heavy atom. The summed E-state index contributed by atoms with van der Waals surface area (Å²) in [6.07, 6.45) is 4.06. The molecule has 0 aliphatic heterocycles. The Morgan fingerprint density at radius 2 is 1.10 bits per heavy atom. The van der Waals surface area contributed by atoms with Gasteiger partial charge in [0.2, 0.25) is 0 Å². The maximum atomic E-state index is 5.05. The summed E-state index contributed by atoms with van der Waals surface area (Å²) in [5, 5.41) is 2.60. The highest BCUT2D eigenvalue weighted by molar-refractivity contribution is 6.10. The topological polar surface area (TPSA) is 22.8 Å². The molecule has 0 aliphatic carbocycles. The fraction of sp³-hybridized carbons (Fsp3) is 0.170. The van der Waals surface area contributed by atoms with Crippen molar-refractivity contribution in [3.63, 3.8) is 0 Å². The van der Waals surface area contributed by atoms with E-state index in [1.807, 2.05) is 6.20 Å². The van der Waals surface area contributed by atoms with Gasteiger partial charge < -0.3 is 4.57 Å². The van der Waals surface area contributed by atoms with Crippen LogP contribution in [0, 0.1) is 34.6 Å². The van der Waals surface area contributed by atoms with Crippen LogP contribution >= 0.6 is 0 Å². The van der Waals surface area contributed by atoms with Gasteiger partial charge in [-0.2, -0.15) is 0 Å². The first-order valence-electron chi connectivity index (χ1n) is 17.7. The minimum atomic E-state index is 0.381. The molecule has 246 valence electrons. The summed E-state index contributed by atoms with van der Waals surface area (Å²) in [5.41, 5.74) is 18.4. The minimum Gasteiger partial charge on any atom is -0.309 e. The molecule has 0 radical (unpaired) electrons. The van der Waals surface area contributed by atoms with Gasteiger partial charge in [0.25, 0.3) is 0 Å². The predicted molar refractivity (Wildman–Crippen MR) is 212 cm³/mol. The number of aromatic nitrogens is 3. The Kier molecular flexibility index (Phi) is 7.79.